The largest absolute Gasteiger partial charge is 1.00 e. The second-order valence-electron chi connectivity index (χ2n) is 3.33. The average molecular weight is 329 g/mol. The zero-order valence-corrected chi connectivity index (χ0v) is 16.8. The SMILES string of the molecule is O.OCc1[c-]cccc1.OCc1ccccc1O.[Na+].[Na+].[OH-].[OH-]. The van der Waals surface area contributed by atoms with Crippen molar-refractivity contribution in [3.8, 4) is 5.75 Å². The molecule has 114 valence electrons. The summed E-state index contributed by atoms with van der Waals surface area (Å²) in [5, 5.41) is 26.0. The molecule has 0 unspecified atom stereocenters. The van der Waals surface area contributed by atoms with E-state index in [0.717, 1.165) is 5.56 Å². The molecule has 22 heavy (non-hydrogen) atoms. The summed E-state index contributed by atoms with van der Waals surface area (Å²) in [4.78, 5) is 0. The minimum atomic E-state index is -0.104. The van der Waals surface area contributed by atoms with Crippen molar-refractivity contribution in [2.75, 3.05) is 0 Å². The van der Waals surface area contributed by atoms with Gasteiger partial charge in [-0.25, -0.2) is 0 Å². The van der Waals surface area contributed by atoms with Crippen LogP contribution in [0.15, 0.2) is 48.5 Å². The van der Waals surface area contributed by atoms with Crippen molar-refractivity contribution >= 4 is 0 Å². The number of hydrogen-bond donors (Lipinski definition) is 3. The minimum absolute atomic E-state index is 0. The van der Waals surface area contributed by atoms with Crippen molar-refractivity contribution in [2.45, 2.75) is 13.2 Å². The molecule has 2 rings (SSSR count). The Kier molecular flexibility index (Phi) is 32.1. The van der Waals surface area contributed by atoms with E-state index >= 15 is 0 Å². The van der Waals surface area contributed by atoms with E-state index in [2.05, 4.69) is 6.07 Å². The summed E-state index contributed by atoms with van der Waals surface area (Å²) in [7, 11) is 0. The van der Waals surface area contributed by atoms with Crippen molar-refractivity contribution in [2.24, 2.45) is 0 Å². The average Bonchev–Trinajstić information content (AvgIpc) is 2.41. The Bertz CT molecular complexity index is 442. The van der Waals surface area contributed by atoms with Gasteiger partial charge in [0.1, 0.15) is 5.75 Å². The third-order valence-electron chi connectivity index (χ3n) is 2.11. The molecule has 0 saturated carbocycles. The van der Waals surface area contributed by atoms with Crippen LogP contribution in [0.4, 0.5) is 0 Å². The first-order valence-electron chi connectivity index (χ1n) is 5.22. The van der Waals surface area contributed by atoms with Gasteiger partial charge in [0.15, 0.2) is 0 Å². The fourth-order valence-corrected chi connectivity index (χ4v) is 1.17. The first-order chi connectivity index (χ1) is 8.27. The number of phenols is 1. The number of benzene rings is 2. The summed E-state index contributed by atoms with van der Waals surface area (Å²) in [6.45, 7) is -0.0203. The Balaban J connectivity index is -0.0000000716. The molecule has 0 heterocycles. The molecular formula is C14H19Na2O6-. The Morgan fingerprint density at radius 3 is 1.68 bits per heavy atom. The summed E-state index contributed by atoms with van der Waals surface area (Å²) in [5.41, 5.74) is 1.41. The van der Waals surface area contributed by atoms with Crippen LogP contribution in [0.3, 0.4) is 0 Å². The first-order valence-corrected chi connectivity index (χ1v) is 5.22. The summed E-state index contributed by atoms with van der Waals surface area (Å²) in [5.74, 6) is 0.153. The van der Waals surface area contributed by atoms with Gasteiger partial charge < -0.3 is 31.7 Å². The molecule has 6 nitrogen and oxygen atoms in total. The van der Waals surface area contributed by atoms with Crippen LogP contribution in [0.5, 0.6) is 5.75 Å². The predicted octanol–water partition coefficient (Wildman–Crippen LogP) is -5.31. The van der Waals surface area contributed by atoms with Crippen molar-refractivity contribution in [1.29, 1.82) is 0 Å². The number of aromatic hydroxyl groups is 1. The van der Waals surface area contributed by atoms with Gasteiger partial charge in [0.2, 0.25) is 0 Å². The quantitative estimate of drug-likeness (QED) is 0.371. The van der Waals surface area contributed by atoms with Crippen LogP contribution in [-0.4, -0.2) is 31.7 Å². The second kappa shape index (κ2) is 21.0. The van der Waals surface area contributed by atoms with Crippen molar-refractivity contribution in [3.63, 3.8) is 0 Å². The molecule has 0 saturated heterocycles. The Morgan fingerprint density at radius 2 is 1.36 bits per heavy atom. The van der Waals surface area contributed by atoms with Crippen molar-refractivity contribution < 1.29 is 90.9 Å². The smallest absolute Gasteiger partial charge is 0.870 e. The third kappa shape index (κ3) is 13.7. The molecule has 2 aromatic carbocycles. The molecule has 8 heteroatoms. The number of aliphatic hydroxyl groups is 2. The van der Waals surface area contributed by atoms with E-state index in [0.29, 0.717) is 5.56 Å². The van der Waals surface area contributed by atoms with Gasteiger partial charge in [0, 0.05) is 12.2 Å². The van der Waals surface area contributed by atoms with E-state index in [-0.39, 0.29) is 94.5 Å². The molecule has 0 fully saturated rings. The Hall–Kier alpha value is 0.0400. The van der Waals surface area contributed by atoms with Crippen molar-refractivity contribution in [3.05, 3.63) is 65.7 Å². The normalized spacial score (nSPS) is 7.18. The number of rotatable bonds is 2. The van der Waals surface area contributed by atoms with Crippen LogP contribution in [0.2, 0.25) is 0 Å². The van der Waals surface area contributed by atoms with E-state index in [1.54, 1.807) is 30.3 Å². The monoisotopic (exact) mass is 329 g/mol. The van der Waals surface area contributed by atoms with Gasteiger partial charge in [-0.05, 0) is 6.07 Å². The molecule has 0 aromatic heterocycles. The summed E-state index contributed by atoms with van der Waals surface area (Å²) >= 11 is 0. The topological polar surface area (TPSA) is 152 Å². The van der Waals surface area contributed by atoms with Gasteiger partial charge in [-0.1, -0.05) is 18.2 Å². The van der Waals surface area contributed by atoms with Crippen LogP contribution in [0.1, 0.15) is 11.1 Å². The van der Waals surface area contributed by atoms with E-state index in [1.165, 1.54) is 0 Å². The van der Waals surface area contributed by atoms with Gasteiger partial charge in [-0.15, -0.1) is 5.56 Å². The molecule has 0 atom stereocenters. The summed E-state index contributed by atoms with van der Waals surface area (Å²) in [6.07, 6.45) is 0. The van der Waals surface area contributed by atoms with E-state index < -0.39 is 0 Å². The van der Waals surface area contributed by atoms with Crippen LogP contribution < -0.4 is 59.1 Å². The molecular weight excluding hydrogens is 310 g/mol. The Labute approximate surface area is 174 Å². The molecule has 0 aliphatic rings. The van der Waals surface area contributed by atoms with Gasteiger partial charge in [-0.2, -0.15) is 30.3 Å². The van der Waals surface area contributed by atoms with Crippen molar-refractivity contribution in [1.82, 2.24) is 0 Å². The van der Waals surface area contributed by atoms with E-state index in [4.69, 9.17) is 15.3 Å². The van der Waals surface area contributed by atoms with Gasteiger partial charge in [0.25, 0.3) is 0 Å². The van der Waals surface area contributed by atoms with Crippen LogP contribution in [0.25, 0.3) is 0 Å². The van der Waals surface area contributed by atoms with Gasteiger partial charge >= 0.3 is 59.1 Å². The van der Waals surface area contributed by atoms with E-state index in [9.17, 15) is 0 Å². The maximum atomic E-state index is 8.95. The molecule has 0 spiro atoms. The minimum Gasteiger partial charge on any atom is -0.870 e. The molecule has 0 aliphatic heterocycles. The fourth-order valence-electron chi connectivity index (χ4n) is 1.17. The molecule has 0 radical (unpaired) electrons. The first kappa shape index (κ1) is 33.6. The molecule has 7 N–H and O–H groups in total. The Morgan fingerprint density at radius 1 is 0.818 bits per heavy atom. The molecule has 0 amide bonds. The second-order valence-corrected chi connectivity index (χ2v) is 3.33. The van der Waals surface area contributed by atoms with Crippen LogP contribution >= 0.6 is 0 Å². The molecule has 0 aliphatic carbocycles. The van der Waals surface area contributed by atoms with Crippen LogP contribution in [-0.2, 0) is 13.2 Å². The maximum Gasteiger partial charge on any atom is 1.00 e. The fraction of sp³-hybridized carbons (Fsp3) is 0.143. The van der Waals surface area contributed by atoms with E-state index in [1.807, 2.05) is 18.2 Å². The van der Waals surface area contributed by atoms with Crippen LogP contribution in [0, 0.1) is 6.07 Å². The van der Waals surface area contributed by atoms with Gasteiger partial charge in [0.05, 0.1) is 6.61 Å². The zero-order valence-electron chi connectivity index (χ0n) is 12.8. The summed E-state index contributed by atoms with van der Waals surface area (Å²) in [6, 6.07) is 16.9. The summed E-state index contributed by atoms with van der Waals surface area (Å²) < 4.78 is 0. The zero-order chi connectivity index (χ0) is 12.5. The third-order valence-corrected chi connectivity index (χ3v) is 2.11. The van der Waals surface area contributed by atoms with Gasteiger partial charge in [-0.3, -0.25) is 0 Å². The predicted molar refractivity (Wildman–Crippen MR) is 72.7 cm³/mol. The molecule has 0 bridgehead atoms. The number of para-hydroxylation sites is 1. The number of hydrogen-bond acceptors (Lipinski definition) is 5. The maximum absolute atomic E-state index is 8.95. The standard InChI is InChI=1S/C7H8O2.C7H7O.2Na.3H2O/c8-5-6-3-1-2-4-7(6)9;8-6-7-4-2-1-3-5-7;;;;;/h1-4,8-9H,5H2;1-4,8H,6H2;;;3*1H2/q;-1;2*+1;;;/p-2. The molecule has 2 aromatic rings. The number of aliphatic hydroxyl groups excluding tert-OH is 2.